The van der Waals surface area contributed by atoms with E-state index in [2.05, 4.69) is 12.2 Å². The van der Waals surface area contributed by atoms with E-state index >= 15 is 0 Å². The summed E-state index contributed by atoms with van der Waals surface area (Å²) in [4.78, 5) is 9.35. The minimum Gasteiger partial charge on any atom is -1.00 e. The molecule has 1 amide bonds. The van der Waals surface area contributed by atoms with Crippen LogP contribution < -0.4 is 35.3 Å². The first kappa shape index (κ1) is 9.39. The average molecular weight is 93.1 g/mol. The van der Waals surface area contributed by atoms with Gasteiger partial charge in [-0.25, -0.2) is 0 Å². The monoisotopic (exact) mass is 93.0 g/mol. The van der Waals surface area contributed by atoms with E-state index in [0.29, 0.717) is 0 Å². The van der Waals surface area contributed by atoms with Gasteiger partial charge in [0.25, 0.3) is 5.91 Å². The number of carbonyl (C=O) groups excluding carboxylic acids is 1. The summed E-state index contributed by atoms with van der Waals surface area (Å²) in [7, 11) is 0. The predicted octanol–water partition coefficient (Wildman–Crippen LogP) is -3.78. The fourth-order valence-corrected chi connectivity index (χ4v) is 0. The molecular weight excluding hydrogens is 89.0 g/mol. The zero-order valence-electron chi connectivity index (χ0n) is 4.56. The molecule has 3 heteroatoms. The van der Waals surface area contributed by atoms with Crippen LogP contribution in [0.4, 0.5) is 0 Å². The van der Waals surface area contributed by atoms with E-state index in [1.807, 2.05) is 0 Å². The van der Waals surface area contributed by atoms with Gasteiger partial charge in [-0.05, 0) is 5.92 Å². The van der Waals surface area contributed by atoms with Crippen LogP contribution in [0.2, 0.25) is 0 Å². The van der Waals surface area contributed by atoms with Gasteiger partial charge in [0.1, 0.15) is 0 Å². The van der Waals surface area contributed by atoms with Crippen molar-refractivity contribution in [3.05, 3.63) is 0 Å². The summed E-state index contributed by atoms with van der Waals surface area (Å²) in [5.41, 5.74) is 4.42. The Balaban J connectivity index is -0.0000000800. The third-order valence-corrected chi connectivity index (χ3v) is 0.142. The molecule has 2 N–H and O–H groups in total. The van der Waals surface area contributed by atoms with Crippen molar-refractivity contribution in [3.8, 4) is 12.3 Å². The first-order valence-electron chi connectivity index (χ1n) is 1.03. The van der Waals surface area contributed by atoms with E-state index in [-0.39, 0.29) is 31.0 Å². The molecule has 0 fully saturated rings. The maximum absolute atomic E-state index is 9.35. The largest absolute Gasteiger partial charge is 1.00 e. The fraction of sp³-hybridized carbons (Fsp3) is 0. The number of amides is 1. The van der Waals surface area contributed by atoms with Crippen LogP contribution in [0.25, 0.3) is 0 Å². The molecule has 0 radical (unpaired) electrons. The Morgan fingerprint density at radius 2 is 2.17 bits per heavy atom. The quantitative estimate of drug-likeness (QED) is 0.242. The molecule has 0 aliphatic rings. The van der Waals surface area contributed by atoms with Crippen LogP contribution in [-0.4, -0.2) is 5.91 Å². The molecule has 0 spiro atoms. The van der Waals surface area contributed by atoms with Gasteiger partial charge in [-0.2, -0.15) is 0 Å². The molecule has 0 bridgehead atoms. The van der Waals surface area contributed by atoms with Gasteiger partial charge >= 0.3 is 29.6 Å². The second-order valence-corrected chi connectivity index (χ2v) is 0.509. The maximum Gasteiger partial charge on any atom is 1.00 e. The first-order valence-corrected chi connectivity index (χ1v) is 1.03. The topological polar surface area (TPSA) is 43.1 Å². The second kappa shape index (κ2) is 5.03. The van der Waals surface area contributed by atoms with E-state index < -0.39 is 5.91 Å². The third-order valence-electron chi connectivity index (χ3n) is 0.142. The summed E-state index contributed by atoms with van der Waals surface area (Å²) in [5, 5.41) is 0. The molecule has 2 nitrogen and oxygen atoms in total. The van der Waals surface area contributed by atoms with Crippen LogP contribution in [0.15, 0.2) is 0 Å². The van der Waals surface area contributed by atoms with Crippen LogP contribution in [0.5, 0.6) is 0 Å². The number of terminal acetylenes is 1. The molecule has 0 aliphatic carbocycles. The molecule has 0 heterocycles. The molecular formula is C3H4NNaO. The molecule has 0 aromatic heterocycles. The second-order valence-electron chi connectivity index (χ2n) is 0.509. The Labute approximate surface area is 59.9 Å². The minimum absolute atomic E-state index is 0. The number of carbonyl (C=O) groups is 1. The summed E-state index contributed by atoms with van der Waals surface area (Å²) in [6.45, 7) is 0. The van der Waals surface area contributed by atoms with Crippen molar-refractivity contribution >= 4 is 5.91 Å². The number of hydrogen-bond acceptors (Lipinski definition) is 1. The van der Waals surface area contributed by atoms with Gasteiger partial charge < -0.3 is 7.16 Å². The molecule has 0 saturated carbocycles. The normalized spacial score (nSPS) is 4.50. The van der Waals surface area contributed by atoms with E-state index in [0.717, 1.165) is 0 Å². The van der Waals surface area contributed by atoms with E-state index in [1.54, 1.807) is 5.92 Å². The maximum atomic E-state index is 9.35. The minimum atomic E-state index is -0.718. The van der Waals surface area contributed by atoms with Crippen LogP contribution >= 0.6 is 0 Å². The summed E-state index contributed by atoms with van der Waals surface area (Å²) in [6, 6.07) is 0. The van der Waals surface area contributed by atoms with Gasteiger partial charge in [0, 0.05) is 0 Å². The number of nitrogens with two attached hydrogens (primary N) is 1. The van der Waals surface area contributed by atoms with E-state index in [9.17, 15) is 4.79 Å². The summed E-state index contributed by atoms with van der Waals surface area (Å²) < 4.78 is 0. The molecule has 6 heavy (non-hydrogen) atoms. The molecule has 0 aliphatic heterocycles. The molecule has 0 rings (SSSR count). The zero-order chi connectivity index (χ0) is 4.28. The number of hydrogen-bond donors (Lipinski definition) is 1. The zero-order valence-corrected chi connectivity index (χ0v) is 5.56. The Hall–Kier alpha value is 0.0300. The smallest absolute Gasteiger partial charge is 1.00 e. The fourth-order valence-electron chi connectivity index (χ4n) is 0. The Morgan fingerprint density at radius 3 is 2.17 bits per heavy atom. The van der Waals surface area contributed by atoms with Crippen molar-refractivity contribution in [3.63, 3.8) is 0 Å². The molecule has 0 aromatic rings. The van der Waals surface area contributed by atoms with Crippen molar-refractivity contribution in [1.82, 2.24) is 0 Å². The molecule has 0 aromatic carbocycles. The van der Waals surface area contributed by atoms with Crippen molar-refractivity contribution in [1.29, 1.82) is 0 Å². The van der Waals surface area contributed by atoms with Gasteiger partial charge in [0.15, 0.2) is 0 Å². The average Bonchev–Trinajstić information content (AvgIpc) is 1.38. The first-order chi connectivity index (χ1) is 2.27. The van der Waals surface area contributed by atoms with Crippen molar-refractivity contribution < 1.29 is 35.8 Å². The van der Waals surface area contributed by atoms with Crippen molar-refractivity contribution in [2.45, 2.75) is 0 Å². The van der Waals surface area contributed by atoms with Gasteiger partial charge in [-0.1, -0.05) is 0 Å². The van der Waals surface area contributed by atoms with Crippen molar-refractivity contribution in [2.75, 3.05) is 0 Å². The Bertz CT molecular complexity index is 87.4. The molecule has 0 atom stereocenters. The van der Waals surface area contributed by atoms with Crippen LogP contribution in [-0.2, 0) is 4.79 Å². The van der Waals surface area contributed by atoms with Gasteiger partial charge in [-0.3, -0.25) is 4.79 Å². The number of rotatable bonds is 0. The van der Waals surface area contributed by atoms with Gasteiger partial charge in [-0.15, -0.1) is 6.42 Å². The van der Waals surface area contributed by atoms with Gasteiger partial charge in [0.2, 0.25) is 0 Å². The van der Waals surface area contributed by atoms with Crippen molar-refractivity contribution in [2.24, 2.45) is 5.73 Å². The van der Waals surface area contributed by atoms with Gasteiger partial charge in [0.05, 0.1) is 0 Å². The standard InChI is InChI=1S/C3H3NO.Na.H/c1-2-3(4)5;;/h1H,(H2,4,5);;/q;+1;-1. The van der Waals surface area contributed by atoms with Crippen LogP contribution in [0.1, 0.15) is 1.43 Å². The summed E-state index contributed by atoms with van der Waals surface area (Å²) in [6.07, 6.45) is 4.45. The Kier molecular flexibility index (Phi) is 7.88. The molecule has 28 valence electrons. The molecule has 0 saturated heterocycles. The SMILES string of the molecule is C#CC(N)=O.[H-].[Na+]. The summed E-state index contributed by atoms with van der Waals surface area (Å²) >= 11 is 0. The van der Waals surface area contributed by atoms with E-state index in [1.165, 1.54) is 0 Å². The van der Waals surface area contributed by atoms with Crippen LogP contribution in [0.3, 0.4) is 0 Å². The summed E-state index contributed by atoms with van der Waals surface area (Å²) in [5.74, 6) is 0.949. The third kappa shape index (κ3) is 8.98. The van der Waals surface area contributed by atoms with E-state index in [4.69, 9.17) is 0 Å². The number of primary amides is 1. The Morgan fingerprint density at radius 1 is 2.00 bits per heavy atom. The predicted molar refractivity (Wildman–Crippen MR) is 19.1 cm³/mol. The van der Waals surface area contributed by atoms with Crippen LogP contribution in [0, 0.1) is 12.3 Å². The molecule has 0 unspecified atom stereocenters.